The first-order valence-corrected chi connectivity index (χ1v) is 6.90. The van der Waals surface area contributed by atoms with Gasteiger partial charge in [-0.15, -0.1) is 5.10 Å². The predicted octanol–water partition coefficient (Wildman–Crippen LogP) is 1.94. The molecule has 3 rings (SSSR count). The fraction of sp³-hybridized carbons (Fsp3) is 0.500. The number of nitrogens with one attached hydrogen (secondary N) is 1. The number of tetrazole rings is 1. The Morgan fingerprint density at radius 2 is 2.11 bits per heavy atom. The maximum Gasteiger partial charge on any atom is 0.170 e. The zero-order valence-electron chi connectivity index (χ0n) is 11.2. The number of hydrogen-bond acceptors (Lipinski definition) is 4. The van der Waals surface area contributed by atoms with Gasteiger partial charge in [-0.3, -0.25) is 0 Å². The molecule has 100 valence electrons. The van der Waals surface area contributed by atoms with Gasteiger partial charge >= 0.3 is 0 Å². The molecule has 1 fully saturated rings. The minimum Gasteiger partial charge on any atom is -0.307 e. The van der Waals surface area contributed by atoms with Crippen LogP contribution in [0.3, 0.4) is 0 Å². The second kappa shape index (κ2) is 5.48. The second-order valence-corrected chi connectivity index (χ2v) is 5.24. The number of para-hydroxylation sites is 1. The Morgan fingerprint density at radius 1 is 1.26 bits per heavy atom. The molecule has 0 bridgehead atoms. The second-order valence-electron chi connectivity index (χ2n) is 5.24. The average molecular weight is 257 g/mol. The third kappa shape index (κ3) is 2.66. The molecular weight excluding hydrogens is 238 g/mol. The van der Waals surface area contributed by atoms with E-state index in [2.05, 4.69) is 27.8 Å². The van der Waals surface area contributed by atoms with Crippen LogP contribution in [-0.2, 0) is 6.54 Å². The van der Waals surface area contributed by atoms with E-state index < -0.39 is 0 Å². The lowest BCUT2D eigenvalue weighted by atomic mass is 10.1. The van der Waals surface area contributed by atoms with E-state index in [1.807, 2.05) is 30.3 Å². The van der Waals surface area contributed by atoms with Crippen LogP contribution in [0.1, 0.15) is 32.0 Å². The summed E-state index contributed by atoms with van der Waals surface area (Å²) in [6, 6.07) is 10.6. The molecular formula is C14H19N5. The lowest BCUT2D eigenvalue weighted by Gasteiger charge is -2.16. The van der Waals surface area contributed by atoms with Crippen LogP contribution in [-0.4, -0.2) is 26.2 Å². The first kappa shape index (κ1) is 12.3. The molecule has 0 radical (unpaired) electrons. The van der Waals surface area contributed by atoms with Crippen LogP contribution in [0, 0.1) is 5.92 Å². The smallest absolute Gasteiger partial charge is 0.170 e. The zero-order valence-corrected chi connectivity index (χ0v) is 11.2. The third-order valence-corrected chi connectivity index (χ3v) is 3.92. The van der Waals surface area contributed by atoms with E-state index in [0.717, 1.165) is 24.0 Å². The Morgan fingerprint density at radius 3 is 2.84 bits per heavy atom. The molecule has 1 N–H and O–H groups in total. The van der Waals surface area contributed by atoms with Crippen LogP contribution in [0.25, 0.3) is 5.69 Å². The number of rotatable bonds is 4. The molecule has 1 aromatic heterocycles. The molecule has 0 amide bonds. The van der Waals surface area contributed by atoms with Crippen LogP contribution < -0.4 is 5.32 Å². The van der Waals surface area contributed by atoms with Gasteiger partial charge in [0, 0.05) is 6.04 Å². The van der Waals surface area contributed by atoms with Crippen LogP contribution in [0.4, 0.5) is 0 Å². The monoisotopic (exact) mass is 257 g/mol. The maximum atomic E-state index is 4.12. The summed E-state index contributed by atoms with van der Waals surface area (Å²) in [7, 11) is 0. The van der Waals surface area contributed by atoms with Crippen molar-refractivity contribution in [2.45, 2.75) is 38.8 Å². The van der Waals surface area contributed by atoms with E-state index in [4.69, 9.17) is 0 Å². The fourth-order valence-corrected chi connectivity index (χ4v) is 2.76. The molecule has 2 unspecified atom stereocenters. The number of benzene rings is 1. The Balaban J connectivity index is 1.71. The lowest BCUT2D eigenvalue weighted by Crippen LogP contribution is -2.31. The minimum atomic E-state index is 0.598. The zero-order chi connectivity index (χ0) is 13.1. The quantitative estimate of drug-likeness (QED) is 0.909. The molecule has 2 aromatic rings. The van der Waals surface area contributed by atoms with Crippen molar-refractivity contribution < 1.29 is 0 Å². The first-order valence-electron chi connectivity index (χ1n) is 6.90. The summed E-state index contributed by atoms with van der Waals surface area (Å²) < 4.78 is 1.80. The van der Waals surface area contributed by atoms with Crippen LogP contribution in [0.15, 0.2) is 30.3 Å². The Bertz CT molecular complexity index is 522. The fourth-order valence-electron chi connectivity index (χ4n) is 2.76. The van der Waals surface area contributed by atoms with E-state index in [9.17, 15) is 0 Å². The van der Waals surface area contributed by atoms with Crippen molar-refractivity contribution in [3.05, 3.63) is 36.2 Å². The molecule has 1 aromatic carbocycles. The molecule has 0 spiro atoms. The van der Waals surface area contributed by atoms with Gasteiger partial charge < -0.3 is 5.32 Å². The summed E-state index contributed by atoms with van der Waals surface area (Å²) in [5, 5.41) is 15.6. The van der Waals surface area contributed by atoms with E-state index in [1.165, 1.54) is 19.3 Å². The molecule has 0 saturated heterocycles. The maximum absolute atomic E-state index is 4.12. The van der Waals surface area contributed by atoms with Gasteiger partial charge in [0.05, 0.1) is 12.2 Å². The summed E-state index contributed by atoms with van der Waals surface area (Å²) in [6.45, 7) is 3.03. The number of nitrogens with zero attached hydrogens (tertiary/aromatic N) is 4. The van der Waals surface area contributed by atoms with Crippen molar-refractivity contribution in [2.75, 3.05) is 0 Å². The molecule has 5 nitrogen and oxygen atoms in total. The highest BCUT2D eigenvalue weighted by Gasteiger charge is 2.23. The number of aromatic nitrogens is 4. The van der Waals surface area contributed by atoms with E-state index in [-0.39, 0.29) is 0 Å². The van der Waals surface area contributed by atoms with Crippen LogP contribution in [0.2, 0.25) is 0 Å². The van der Waals surface area contributed by atoms with E-state index in [0.29, 0.717) is 6.04 Å². The molecule has 0 aliphatic heterocycles. The Kier molecular flexibility index (Phi) is 3.55. The van der Waals surface area contributed by atoms with Gasteiger partial charge in [0.15, 0.2) is 5.82 Å². The molecule has 1 saturated carbocycles. The SMILES string of the molecule is CC1CCCC1NCc1nnnn1-c1ccccc1. The molecule has 19 heavy (non-hydrogen) atoms. The third-order valence-electron chi connectivity index (χ3n) is 3.92. The summed E-state index contributed by atoms with van der Waals surface area (Å²) >= 11 is 0. The van der Waals surface area contributed by atoms with Gasteiger partial charge in [0.2, 0.25) is 0 Å². The van der Waals surface area contributed by atoms with Gasteiger partial charge in [-0.05, 0) is 41.3 Å². The van der Waals surface area contributed by atoms with Crippen LogP contribution >= 0.6 is 0 Å². The van der Waals surface area contributed by atoms with Crippen molar-refractivity contribution in [1.29, 1.82) is 0 Å². The van der Waals surface area contributed by atoms with Crippen molar-refractivity contribution in [2.24, 2.45) is 5.92 Å². The average Bonchev–Trinajstić information content (AvgIpc) is 3.06. The molecule has 1 aliphatic carbocycles. The summed E-state index contributed by atoms with van der Waals surface area (Å²) in [5.74, 6) is 1.62. The van der Waals surface area contributed by atoms with Crippen molar-refractivity contribution in [3.8, 4) is 5.69 Å². The molecule has 1 aliphatic rings. The normalized spacial score (nSPS) is 22.8. The standard InChI is InChI=1S/C14H19N5/c1-11-6-5-9-13(11)15-10-14-16-17-18-19(14)12-7-3-2-4-8-12/h2-4,7-8,11,13,15H,5-6,9-10H2,1H3. The highest BCUT2D eigenvalue weighted by Crippen LogP contribution is 2.24. The first-order chi connectivity index (χ1) is 9.34. The summed E-state index contributed by atoms with van der Waals surface area (Å²) in [5.41, 5.74) is 1.00. The molecule has 5 heteroatoms. The molecule has 2 atom stereocenters. The van der Waals surface area contributed by atoms with Crippen molar-refractivity contribution in [1.82, 2.24) is 25.5 Å². The van der Waals surface area contributed by atoms with Gasteiger partial charge in [-0.2, -0.15) is 4.68 Å². The largest absolute Gasteiger partial charge is 0.307 e. The Hall–Kier alpha value is -1.75. The topological polar surface area (TPSA) is 55.6 Å². The minimum absolute atomic E-state index is 0.598. The lowest BCUT2D eigenvalue weighted by molar-refractivity contribution is 0.419. The van der Waals surface area contributed by atoms with E-state index >= 15 is 0 Å². The van der Waals surface area contributed by atoms with Gasteiger partial charge in [0.25, 0.3) is 0 Å². The van der Waals surface area contributed by atoms with E-state index in [1.54, 1.807) is 4.68 Å². The van der Waals surface area contributed by atoms with Crippen molar-refractivity contribution >= 4 is 0 Å². The Labute approximate surface area is 113 Å². The molecule has 1 heterocycles. The number of hydrogen-bond donors (Lipinski definition) is 1. The predicted molar refractivity (Wildman–Crippen MR) is 72.8 cm³/mol. The van der Waals surface area contributed by atoms with Gasteiger partial charge in [0.1, 0.15) is 0 Å². The van der Waals surface area contributed by atoms with Crippen molar-refractivity contribution in [3.63, 3.8) is 0 Å². The highest BCUT2D eigenvalue weighted by atomic mass is 15.5. The van der Waals surface area contributed by atoms with Gasteiger partial charge in [-0.25, -0.2) is 0 Å². The van der Waals surface area contributed by atoms with Gasteiger partial charge in [-0.1, -0.05) is 31.5 Å². The highest BCUT2D eigenvalue weighted by molar-refractivity contribution is 5.30. The summed E-state index contributed by atoms with van der Waals surface area (Å²) in [4.78, 5) is 0. The summed E-state index contributed by atoms with van der Waals surface area (Å²) in [6.07, 6.45) is 3.90. The van der Waals surface area contributed by atoms with Crippen LogP contribution in [0.5, 0.6) is 0 Å².